The Hall–Kier alpha value is -6.35. The van der Waals surface area contributed by atoms with E-state index in [4.69, 9.17) is 26.8 Å². The Morgan fingerprint density at radius 1 is 0.961 bits per heavy atom. The maximum Gasteiger partial charge on any atom is 0.329 e. The molecule has 410 valence electrons. The number of aliphatic hydroxyl groups is 1. The number of carbonyl (C=O) groups excluding carboxylic acids is 4. The molecular weight excluding hydrogens is 1020 g/mol. The van der Waals surface area contributed by atoms with Crippen LogP contribution in [0.15, 0.2) is 48.7 Å². The molecule has 10 rings (SSSR count). The first-order chi connectivity index (χ1) is 36.8. The number of ether oxygens (including phenoxy) is 2. The van der Waals surface area contributed by atoms with Gasteiger partial charge < -0.3 is 35.4 Å². The van der Waals surface area contributed by atoms with Crippen LogP contribution >= 0.6 is 11.6 Å². The number of benzene rings is 3. The van der Waals surface area contributed by atoms with Crippen LogP contribution in [0.1, 0.15) is 111 Å². The number of hydrogen-bond donors (Lipinski definition) is 4. The molecule has 4 fully saturated rings. The zero-order chi connectivity index (χ0) is 54.7. The number of imide groups is 1. The number of likely N-dealkylation sites (tertiary alicyclic amines) is 2. The van der Waals surface area contributed by atoms with Crippen LogP contribution in [0, 0.1) is 40.5 Å². The number of pyridine rings is 1. The number of anilines is 1. The Balaban J connectivity index is 0.758. The van der Waals surface area contributed by atoms with Crippen LogP contribution in [0.2, 0.25) is 5.02 Å². The number of rotatable bonds is 14. The molecule has 5 N–H and O–H groups in total. The van der Waals surface area contributed by atoms with Crippen molar-refractivity contribution < 1.29 is 51.3 Å². The van der Waals surface area contributed by atoms with Gasteiger partial charge in [0.05, 0.1) is 22.6 Å². The van der Waals surface area contributed by atoms with Gasteiger partial charge in [-0.15, -0.1) is 0 Å². The fourth-order valence-electron chi connectivity index (χ4n) is 12.9. The molecular formula is C56H64ClF4N9O7. The lowest BCUT2D eigenvalue weighted by Crippen LogP contribution is -2.52. The molecule has 77 heavy (non-hydrogen) atoms. The number of halogens is 5. The Labute approximate surface area is 448 Å². The van der Waals surface area contributed by atoms with Gasteiger partial charge in [0, 0.05) is 105 Å². The maximum absolute atomic E-state index is 16.5. The summed E-state index contributed by atoms with van der Waals surface area (Å²) in [6.45, 7) is 8.99. The number of nitrogens with one attached hydrogen (secondary N) is 2. The van der Waals surface area contributed by atoms with Crippen molar-refractivity contribution in [2.24, 2.45) is 30.0 Å². The quantitative estimate of drug-likeness (QED) is 0.0786. The van der Waals surface area contributed by atoms with Gasteiger partial charge in [-0.1, -0.05) is 62.7 Å². The monoisotopic (exact) mass is 1090 g/mol. The van der Waals surface area contributed by atoms with Crippen molar-refractivity contribution in [1.82, 2.24) is 35.2 Å². The predicted octanol–water partition coefficient (Wildman–Crippen LogP) is 8.06. The summed E-state index contributed by atoms with van der Waals surface area (Å²) >= 11 is 6.71. The van der Waals surface area contributed by atoms with Gasteiger partial charge in [0.1, 0.15) is 29.5 Å². The minimum absolute atomic E-state index is 0.000425. The van der Waals surface area contributed by atoms with E-state index in [0.717, 1.165) is 31.1 Å². The van der Waals surface area contributed by atoms with Crippen molar-refractivity contribution in [2.45, 2.75) is 95.6 Å². The molecule has 4 aliphatic heterocycles. The summed E-state index contributed by atoms with van der Waals surface area (Å²) in [5.41, 5.74) is 4.43. The first kappa shape index (κ1) is 54.0. The molecule has 5 aliphatic rings. The summed E-state index contributed by atoms with van der Waals surface area (Å²) in [5.74, 6) is -5.61. The molecule has 0 spiro atoms. The third-order valence-corrected chi connectivity index (χ3v) is 17.5. The topological polar surface area (TPSA) is 197 Å². The highest BCUT2D eigenvalue weighted by molar-refractivity contribution is 6.34. The Morgan fingerprint density at radius 2 is 1.69 bits per heavy atom. The number of piperidine rings is 2. The van der Waals surface area contributed by atoms with E-state index >= 15 is 17.6 Å². The van der Waals surface area contributed by atoms with E-state index in [1.54, 1.807) is 7.05 Å². The van der Waals surface area contributed by atoms with Gasteiger partial charge in [-0.2, -0.15) is 5.10 Å². The number of fused-ring (bicyclic) bond motifs is 2. The first-order valence-corrected chi connectivity index (χ1v) is 26.9. The van der Waals surface area contributed by atoms with Gasteiger partial charge in [-0.3, -0.25) is 29.3 Å². The molecule has 0 unspecified atom stereocenters. The largest absolute Gasteiger partial charge is 0.480 e. The van der Waals surface area contributed by atoms with Gasteiger partial charge >= 0.3 is 6.03 Å². The standard InChI is InChI=1S/C56H64ClF4N9O7/c1-30-27-68(18-14-35(30)43-38(58)24-36-49(47(43)60)67(4)66-51(36)70-21-15-41(72)65-54(70)75)28-32-12-19-69(20-13-32)53(74)55(3)16-10-34(11-17-55)64-29-56(33-8-6-5-7-9-33)31(2)42-40(77-56)25-39(59)46(57)45(42)44-37(50(62)73)26-63-52(48(44)61)76-23-22-71/h5-9,24-26,30-32,34-35,64,71H,10-23,27-29H2,1-4H3,(H2,62,73)(H,65,72,75)/t30-,31+,34?,35+,55?,56+/m1/s1. The average molecular weight is 1090 g/mol. The summed E-state index contributed by atoms with van der Waals surface area (Å²) in [6, 6.07) is 11.2. The number of primary amides is 1. The van der Waals surface area contributed by atoms with E-state index in [9.17, 15) is 24.3 Å². The van der Waals surface area contributed by atoms with Crippen LogP contribution < -0.4 is 30.7 Å². The van der Waals surface area contributed by atoms with E-state index < -0.39 is 75.6 Å². The van der Waals surface area contributed by atoms with Crippen molar-refractivity contribution in [3.05, 3.63) is 99.2 Å². The molecule has 1 aliphatic carbocycles. The van der Waals surface area contributed by atoms with Crippen LogP contribution in [0.3, 0.4) is 0 Å². The van der Waals surface area contributed by atoms with Crippen LogP contribution in [0.5, 0.6) is 11.6 Å². The summed E-state index contributed by atoms with van der Waals surface area (Å²) in [6.07, 6.45) is 6.07. The highest BCUT2D eigenvalue weighted by Gasteiger charge is 2.51. The van der Waals surface area contributed by atoms with Crippen molar-refractivity contribution >= 4 is 52.1 Å². The maximum atomic E-state index is 16.5. The first-order valence-electron chi connectivity index (χ1n) is 26.5. The van der Waals surface area contributed by atoms with Crippen molar-refractivity contribution in [3.8, 4) is 22.8 Å². The van der Waals surface area contributed by atoms with E-state index in [0.29, 0.717) is 69.8 Å². The molecule has 3 saturated heterocycles. The van der Waals surface area contributed by atoms with Crippen LogP contribution in [0.4, 0.5) is 28.2 Å². The molecule has 5 amide bonds. The third kappa shape index (κ3) is 9.88. The second kappa shape index (κ2) is 21.5. The number of nitrogens with two attached hydrogens (primary N) is 1. The molecule has 0 radical (unpaired) electrons. The highest BCUT2D eigenvalue weighted by Crippen LogP contribution is 2.57. The SMILES string of the molecule is C[C@@H]1CN(CC2CCN(C(=O)C3(C)CCC(NC[C@]4(c5ccccc5)Oc5cc(F)c(Cl)c(-c6c(C(N)=O)cnc(OCCO)c6F)c5[C@@H]4C)CC3)CC2)CC[C@@H]1c1c(F)cc2c(N3CCC(=O)NC3=O)nn(C)c2c1F. The van der Waals surface area contributed by atoms with Crippen LogP contribution in [-0.2, 0) is 22.2 Å². The zero-order valence-electron chi connectivity index (χ0n) is 43.6. The lowest BCUT2D eigenvalue weighted by atomic mass is 9.72. The second-order valence-electron chi connectivity index (χ2n) is 21.9. The number of aryl methyl sites for hydroxylation is 1. The molecule has 16 nitrogen and oxygen atoms in total. The summed E-state index contributed by atoms with van der Waals surface area (Å²) < 4.78 is 78.3. The van der Waals surface area contributed by atoms with Crippen molar-refractivity contribution in [1.29, 1.82) is 0 Å². The number of nitrogens with zero attached hydrogens (tertiary/aromatic N) is 6. The molecule has 4 atom stereocenters. The lowest BCUT2D eigenvalue weighted by molar-refractivity contribution is -0.145. The Bertz CT molecular complexity index is 3130. The predicted molar refractivity (Wildman–Crippen MR) is 280 cm³/mol. The summed E-state index contributed by atoms with van der Waals surface area (Å²) in [5, 5.41) is 19.4. The van der Waals surface area contributed by atoms with Crippen molar-refractivity contribution in [2.75, 3.05) is 63.9 Å². The van der Waals surface area contributed by atoms with Gasteiger partial charge in [0.25, 0.3) is 11.8 Å². The molecule has 2 aromatic heterocycles. The molecule has 1 saturated carbocycles. The van der Waals surface area contributed by atoms with Gasteiger partial charge in [-0.25, -0.2) is 27.3 Å². The number of carbonyl (C=O) groups is 4. The average Bonchev–Trinajstić information content (AvgIpc) is 3.88. The summed E-state index contributed by atoms with van der Waals surface area (Å²) in [7, 11) is 1.56. The van der Waals surface area contributed by atoms with Gasteiger partial charge in [-0.05, 0) is 80.9 Å². The number of aromatic nitrogens is 3. The zero-order valence-corrected chi connectivity index (χ0v) is 44.3. The lowest BCUT2D eigenvalue weighted by Gasteiger charge is -2.44. The fraction of sp³-hybridized carbons (Fsp3) is 0.500. The molecule has 5 aromatic rings. The van der Waals surface area contributed by atoms with Crippen LogP contribution in [-0.4, -0.2) is 118 Å². The fourth-order valence-corrected chi connectivity index (χ4v) is 13.1. The Morgan fingerprint density at radius 3 is 2.36 bits per heavy atom. The highest BCUT2D eigenvalue weighted by atomic mass is 35.5. The molecule has 21 heteroatoms. The third-order valence-electron chi connectivity index (χ3n) is 17.1. The molecule has 3 aromatic carbocycles. The minimum atomic E-state index is -1.16. The number of aliphatic hydroxyl groups excluding tert-OH is 1. The van der Waals surface area contributed by atoms with E-state index in [1.807, 2.05) is 49.1 Å². The van der Waals surface area contributed by atoms with E-state index in [1.165, 1.54) is 21.7 Å². The molecule has 6 heterocycles. The Kier molecular flexibility index (Phi) is 15.1. The van der Waals surface area contributed by atoms with Gasteiger partial charge in [0.15, 0.2) is 23.1 Å². The molecule has 0 bridgehead atoms. The number of amides is 5. The van der Waals surface area contributed by atoms with E-state index in [2.05, 4.69) is 32.5 Å². The van der Waals surface area contributed by atoms with E-state index in [-0.39, 0.29) is 94.6 Å². The number of urea groups is 1. The summed E-state index contributed by atoms with van der Waals surface area (Å²) in [4.78, 5) is 61.0. The van der Waals surface area contributed by atoms with Crippen LogP contribution in [0.25, 0.3) is 22.0 Å². The van der Waals surface area contributed by atoms with Gasteiger partial charge in [0.2, 0.25) is 11.8 Å². The normalized spacial score (nSPS) is 25.2. The number of hydrogen-bond acceptors (Lipinski definition) is 11. The second-order valence-corrected chi connectivity index (χ2v) is 22.3. The minimum Gasteiger partial charge on any atom is -0.480 e. The van der Waals surface area contributed by atoms with Crippen molar-refractivity contribution in [3.63, 3.8) is 0 Å². The smallest absolute Gasteiger partial charge is 0.329 e.